The first-order valence-electron chi connectivity index (χ1n) is 6.93. The van der Waals surface area contributed by atoms with Crippen molar-refractivity contribution in [3.8, 4) is 0 Å². The van der Waals surface area contributed by atoms with Crippen LogP contribution in [0.15, 0.2) is 24.3 Å². The zero-order chi connectivity index (χ0) is 13.8. The number of alkyl halides is 1. The first-order valence-corrected chi connectivity index (χ1v) is 7.85. The number of hydrogen-bond donors (Lipinski definition) is 0. The van der Waals surface area contributed by atoms with E-state index in [4.69, 9.17) is 0 Å². The highest BCUT2D eigenvalue weighted by Crippen LogP contribution is 2.36. The van der Waals surface area contributed by atoms with Gasteiger partial charge in [-0.05, 0) is 49.5 Å². The molecule has 19 heavy (non-hydrogen) atoms. The average Bonchev–Trinajstić information content (AvgIpc) is 2.40. The molecule has 104 valence electrons. The number of nitro groups is 1. The van der Waals surface area contributed by atoms with Gasteiger partial charge in [0.2, 0.25) is 0 Å². The van der Waals surface area contributed by atoms with E-state index >= 15 is 0 Å². The van der Waals surface area contributed by atoms with Crippen LogP contribution in [0.3, 0.4) is 0 Å². The summed E-state index contributed by atoms with van der Waals surface area (Å²) in [7, 11) is 0. The predicted molar refractivity (Wildman–Crippen MR) is 80.6 cm³/mol. The van der Waals surface area contributed by atoms with Crippen molar-refractivity contribution in [2.24, 2.45) is 11.8 Å². The minimum atomic E-state index is -0.346. The van der Waals surface area contributed by atoms with Crippen molar-refractivity contribution in [3.05, 3.63) is 39.9 Å². The molecule has 1 aromatic rings. The lowest BCUT2D eigenvalue weighted by molar-refractivity contribution is -0.384. The molecule has 0 aliphatic heterocycles. The van der Waals surface area contributed by atoms with Gasteiger partial charge in [-0.3, -0.25) is 10.1 Å². The Hall–Kier alpha value is -0.900. The van der Waals surface area contributed by atoms with Crippen molar-refractivity contribution in [1.82, 2.24) is 0 Å². The fraction of sp³-hybridized carbons (Fsp3) is 0.600. The van der Waals surface area contributed by atoms with Crippen LogP contribution in [0.4, 0.5) is 5.69 Å². The Bertz CT molecular complexity index is 432. The molecule has 1 aliphatic carbocycles. The molecule has 1 aromatic carbocycles. The molecule has 0 heterocycles. The lowest BCUT2D eigenvalue weighted by Gasteiger charge is -2.31. The van der Waals surface area contributed by atoms with Gasteiger partial charge in [0.1, 0.15) is 0 Å². The molecule has 3 unspecified atom stereocenters. The third-order valence-electron chi connectivity index (χ3n) is 4.10. The Morgan fingerprint density at radius 2 is 2.00 bits per heavy atom. The molecule has 0 aromatic heterocycles. The second-order valence-electron chi connectivity index (χ2n) is 5.66. The van der Waals surface area contributed by atoms with Crippen LogP contribution in [0.2, 0.25) is 0 Å². The average molecular weight is 326 g/mol. The quantitative estimate of drug-likeness (QED) is 0.456. The van der Waals surface area contributed by atoms with Crippen molar-refractivity contribution in [3.63, 3.8) is 0 Å². The van der Waals surface area contributed by atoms with Crippen LogP contribution in [-0.4, -0.2) is 9.75 Å². The molecule has 1 aliphatic rings. The Labute approximate surface area is 122 Å². The molecule has 4 heteroatoms. The van der Waals surface area contributed by atoms with Gasteiger partial charge in [-0.25, -0.2) is 0 Å². The maximum atomic E-state index is 10.6. The lowest BCUT2D eigenvalue weighted by atomic mass is 9.79. The van der Waals surface area contributed by atoms with Gasteiger partial charge in [-0.1, -0.05) is 35.0 Å². The number of aryl methyl sites for hydroxylation is 1. The Morgan fingerprint density at radius 1 is 1.32 bits per heavy atom. The molecule has 0 N–H and O–H groups in total. The summed E-state index contributed by atoms with van der Waals surface area (Å²) in [5.41, 5.74) is 1.37. The zero-order valence-electron chi connectivity index (χ0n) is 11.2. The van der Waals surface area contributed by atoms with Crippen molar-refractivity contribution < 1.29 is 4.92 Å². The molecule has 0 radical (unpaired) electrons. The van der Waals surface area contributed by atoms with Crippen molar-refractivity contribution in [2.75, 3.05) is 0 Å². The van der Waals surface area contributed by atoms with Gasteiger partial charge in [0, 0.05) is 17.0 Å². The van der Waals surface area contributed by atoms with Crippen LogP contribution in [0, 0.1) is 22.0 Å². The highest BCUT2D eigenvalue weighted by atomic mass is 79.9. The monoisotopic (exact) mass is 325 g/mol. The van der Waals surface area contributed by atoms with E-state index in [-0.39, 0.29) is 10.6 Å². The lowest BCUT2D eigenvalue weighted by Crippen LogP contribution is -2.24. The maximum absolute atomic E-state index is 10.6. The number of hydrogen-bond acceptors (Lipinski definition) is 2. The number of rotatable bonds is 4. The molecule has 0 amide bonds. The predicted octanol–water partition coefficient (Wildman–Crippen LogP) is 4.73. The molecule has 0 saturated heterocycles. The number of benzene rings is 1. The van der Waals surface area contributed by atoms with E-state index in [0.717, 1.165) is 24.7 Å². The summed E-state index contributed by atoms with van der Waals surface area (Å²) >= 11 is 3.80. The van der Waals surface area contributed by atoms with Crippen molar-refractivity contribution >= 4 is 21.6 Å². The summed E-state index contributed by atoms with van der Waals surface area (Å²) in [5, 5.41) is 10.6. The summed E-state index contributed by atoms with van der Waals surface area (Å²) in [5.74, 6) is 1.56. The van der Waals surface area contributed by atoms with E-state index in [1.54, 1.807) is 12.1 Å². The number of nitrogens with zero attached hydrogens (tertiary/aromatic N) is 1. The Kier molecular flexibility index (Phi) is 4.97. The van der Waals surface area contributed by atoms with E-state index in [2.05, 4.69) is 22.9 Å². The van der Waals surface area contributed by atoms with E-state index in [9.17, 15) is 10.1 Å². The standard InChI is InChI=1S/C15H20BrNO2/c1-11-2-9-15(16)13(10-11)6-3-12-4-7-14(8-5-12)17(18)19/h4-5,7-8,11,13,15H,2-3,6,9-10H2,1H3. The number of halogens is 1. The largest absolute Gasteiger partial charge is 0.269 e. The minimum absolute atomic E-state index is 0.174. The fourth-order valence-electron chi connectivity index (χ4n) is 2.90. The van der Waals surface area contributed by atoms with E-state index < -0.39 is 0 Å². The smallest absolute Gasteiger partial charge is 0.258 e. The van der Waals surface area contributed by atoms with E-state index in [1.165, 1.54) is 24.8 Å². The van der Waals surface area contributed by atoms with Gasteiger partial charge in [0.15, 0.2) is 0 Å². The summed E-state index contributed by atoms with van der Waals surface area (Å²) in [6, 6.07) is 6.97. The van der Waals surface area contributed by atoms with E-state index in [1.807, 2.05) is 12.1 Å². The minimum Gasteiger partial charge on any atom is -0.258 e. The molecule has 3 atom stereocenters. The molecule has 2 rings (SSSR count). The summed E-state index contributed by atoms with van der Waals surface area (Å²) in [6.45, 7) is 2.33. The highest BCUT2D eigenvalue weighted by Gasteiger charge is 2.26. The molecule has 0 spiro atoms. The zero-order valence-corrected chi connectivity index (χ0v) is 12.8. The van der Waals surface area contributed by atoms with Crippen LogP contribution in [0.5, 0.6) is 0 Å². The van der Waals surface area contributed by atoms with E-state index in [0.29, 0.717) is 4.83 Å². The van der Waals surface area contributed by atoms with Crippen LogP contribution in [-0.2, 0) is 6.42 Å². The Morgan fingerprint density at radius 3 is 2.63 bits per heavy atom. The fourth-order valence-corrected chi connectivity index (χ4v) is 3.64. The molecule has 1 saturated carbocycles. The SMILES string of the molecule is CC1CCC(Br)C(CCc2ccc([N+](=O)[O-])cc2)C1. The maximum Gasteiger partial charge on any atom is 0.269 e. The van der Waals surface area contributed by atoms with Crippen LogP contribution < -0.4 is 0 Å². The molecule has 3 nitrogen and oxygen atoms in total. The number of nitro benzene ring substituents is 1. The van der Waals surface area contributed by atoms with Gasteiger partial charge in [0.25, 0.3) is 5.69 Å². The number of non-ortho nitro benzene ring substituents is 1. The first-order chi connectivity index (χ1) is 9.06. The van der Waals surface area contributed by atoms with Crippen LogP contribution >= 0.6 is 15.9 Å². The molecule has 0 bridgehead atoms. The van der Waals surface area contributed by atoms with Crippen LogP contribution in [0.1, 0.15) is 38.2 Å². The summed E-state index contributed by atoms with van der Waals surface area (Å²) < 4.78 is 0. The topological polar surface area (TPSA) is 43.1 Å². The van der Waals surface area contributed by atoms with Crippen LogP contribution in [0.25, 0.3) is 0 Å². The second-order valence-corrected chi connectivity index (χ2v) is 6.83. The third kappa shape index (κ3) is 4.03. The van der Waals surface area contributed by atoms with Gasteiger partial charge in [-0.15, -0.1) is 0 Å². The third-order valence-corrected chi connectivity index (χ3v) is 5.31. The Balaban J connectivity index is 1.89. The summed E-state index contributed by atoms with van der Waals surface area (Å²) in [6.07, 6.45) is 6.06. The van der Waals surface area contributed by atoms with Gasteiger partial charge in [-0.2, -0.15) is 0 Å². The molecule has 1 fully saturated rings. The van der Waals surface area contributed by atoms with Gasteiger partial charge < -0.3 is 0 Å². The summed E-state index contributed by atoms with van der Waals surface area (Å²) in [4.78, 5) is 10.9. The van der Waals surface area contributed by atoms with Gasteiger partial charge in [0.05, 0.1) is 4.92 Å². The first kappa shape index (κ1) is 14.5. The molecular formula is C15H20BrNO2. The molecular weight excluding hydrogens is 306 g/mol. The second kappa shape index (κ2) is 6.51. The van der Waals surface area contributed by atoms with Crippen molar-refractivity contribution in [1.29, 1.82) is 0 Å². The van der Waals surface area contributed by atoms with Gasteiger partial charge >= 0.3 is 0 Å². The highest BCUT2D eigenvalue weighted by molar-refractivity contribution is 9.09. The normalized spacial score (nSPS) is 27.2. The van der Waals surface area contributed by atoms with Crippen molar-refractivity contribution in [2.45, 2.75) is 43.9 Å².